The lowest BCUT2D eigenvalue weighted by molar-refractivity contribution is 0.474. The second-order valence-electron chi connectivity index (χ2n) is 19.7. The van der Waals surface area contributed by atoms with Crippen LogP contribution in [0.15, 0.2) is 194 Å². The van der Waals surface area contributed by atoms with Gasteiger partial charge in [0.15, 0.2) is 0 Å². The number of phenolic OH excluding ortho intramolecular Hbond substituents is 4. The molecular formula is C61H60O4. The molecule has 0 aliphatic carbocycles. The normalized spacial score (nSPS) is 12.6. The molecule has 0 aliphatic rings. The Bertz CT molecular complexity index is 2460. The molecule has 0 atom stereocenters. The third kappa shape index (κ3) is 8.19. The van der Waals surface area contributed by atoms with E-state index in [0.29, 0.717) is 0 Å². The molecule has 0 heterocycles. The Hall–Kier alpha value is -7.04. The van der Waals surface area contributed by atoms with Gasteiger partial charge in [0.25, 0.3) is 0 Å². The van der Waals surface area contributed by atoms with Gasteiger partial charge in [0.2, 0.25) is 0 Å². The van der Waals surface area contributed by atoms with Crippen LogP contribution in [0.25, 0.3) is 0 Å². The molecule has 4 heteroatoms. The Labute approximate surface area is 385 Å². The predicted molar refractivity (Wildman–Crippen MR) is 266 cm³/mol. The largest absolute Gasteiger partial charge is 0.508 e. The van der Waals surface area contributed by atoms with Crippen molar-refractivity contribution in [2.45, 2.75) is 82.5 Å². The summed E-state index contributed by atoms with van der Waals surface area (Å²) in [6.45, 7) is 17.8. The van der Waals surface area contributed by atoms with Gasteiger partial charge in [-0.3, -0.25) is 0 Å². The van der Waals surface area contributed by atoms with Gasteiger partial charge in [-0.25, -0.2) is 0 Å². The van der Waals surface area contributed by atoms with Gasteiger partial charge >= 0.3 is 0 Å². The lowest BCUT2D eigenvalue weighted by Gasteiger charge is -2.39. The Kier molecular flexibility index (Phi) is 11.5. The summed E-state index contributed by atoms with van der Waals surface area (Å²) in [5.74, 6) is 0.989. The second-order valence-corrected chi connectivity index (χ2v) is 19.7. The Morgan fingerprint density at radius 2 is 0.292 bits per heavy atom. The first-order valence-electron chi connectivity index (χ1n) is 22.5. The van der Waals surface area contributed by atoms with E-state index in [2.05, 4.69) is 152 Å². The molecule has 8 aromatic carbocycles. The van der Waals surface area contributed by atoms with E-state index in [4.69, 9.17) is 0 Å². The predicted octanol–water partition coefficient (Wildman–Crippen LogP) is 14.2. The molecule has 0 unspecified atom stereocenters. The molecule has 4 N–H and O–H groups in total. The lowest BCUT2D eigenvalue weighted by Crippen LogP contribution is -2.32. The molecule has 0 aromatic heterocycles. The van der Waals surface area contributed by atoms with Gasteiger partial charge < -0.3 is 20.4 Å². The van der Waals surface area contributed by atoms with Crippen molar-refractivity contribution in [3.05, 3.63) is 261 Å². The van der Waals surface area contributed by atoms with E-state index in [1.54, 1.807) is 48.5 Å². The van der Waals surface area contributed by atoms with Crippen molar-refractivity contribution in [3.8, 4) is 23.0 Å². The maximum Gasteiger partial charge on any atom is 0.115 e. The average molecular weight is 857 g/mol. The van der Waals surface area contributed by atoms with Crippen molar-refractivity contribution in [2.24, 2.45) is 0 Å². The van der Waals surface area contributed by atoms with Crippen LogP contribution in [-0.4, -0.2) is 20.4 Å². The van der Waals surface area contributed by atoms with Crippen LogP contribution >= 0.6 is 0 Å². The summed E-state index contributed by atoms with van der Waals surface area (Å²) in [5.41, 5.74) is 11.4. The van der Waals surface area contributed by atoms with E-state index in [1.807, 2.05) is 48.5 Å². The van der Waals surface area contributed by atoms with E-state index < -0.39 is 5.41 Å². The fourth-order valence-corrected chi connectivity index (χ4v) is 9.73. The maximum absolute atomic E-state index is 10.1. The Morgan fingerprint density at radius 1 is 0.185 bits per heavy atom. The molecule has 8 aromatic rings. The minimum absolute atomic E-state index is 0.247. The maximum atomic E-state index is 10.1. The molecule has 0 saturated heterocycles. The van der Waals surface area contributed by atoms with Gasteiger partial charge in [-0.1, -0.05) is 201 Å². The Balaban J connectivity index is 1.35. The second kappa shape index (κ2) is 16.8. The summed E-state index contributed by atoms with van der Waals surface area (Å²) in [6.07, 6.45) is 0. The van der Waals surface area contributed by atoms with E-state index in [-0.39, 0.29) is 44.7 Å². The minimum Gasteiger partial charge on any atom is -0.508 e. The summed E-state index contributed by atoms with van der Waals surface area (Å²) in [5, 5.41) is 40.4. The van der Waals surface area contributed by atoms with Crippen molar-refractivity contribution in [2.75, 3.05) is 0 Å². The zero-order valence-corrected chi connectivity index (χ0v) is 38.8. The average Bonchev–Trinajstić information content (AvgIpc) is 3.30. The fourth-order valence-electron chi connectivity index (χ4n) is 9.73. The molecule has 4 nitrogen and oxygen atoms in total. The fraction of sp³-hybridized carbons (Fsp3) is 0.213. The minimum atomic E-state index is -0.773. The standard InChI is InChI=1S/C61H60O4/c1-57(2,45-25-33-53(62)34-26-45)41-9-17-49(18-10-41)61(50-19-11-42(12-20-50)58(3,4)46-27-35-54(63)36-28-46,51-21-13-43(14-22-51)59(5,6)47-29-37-55(64)38-30-47)52-23-15-44(16-24-52)60(7,8)48-31-39-56(65)40-32-48/h9-40,62-65H,1-8H3. The van der Waals surface area contributed by atoms with Crippen molar-refractivity contribution in [1.29, 1.82) is 0 Å². The monoisotopic (exact) mass is 856 g/mol. The zero-order valence-electron chi connectivity index (χ0n) is 38.8. The quantitative estimate of drug-likeness (QED) is 0.0923. The van der Waals surface area contributed by atoms with Gasteiger partial charge in [0, 0.05) is 21.7 Å². The first kappa shape index (κ1) is 44.6. The third-order valence-electron chi connectivity index (χ3n) is 14.5. The van der Waals surface area contributed by atoms with Gasteiger partial charge in [0.05, 0.1) is 5.41 Å². The highest BCUT2D eigenvalue weighted by atomic mass is 16.3. The van der Waals surface area contributed by atoms with Gasteiger partial charge in [-0.05, 0) is 115 Å². The summed E-state index contributed by atoms with van der Waals surface area (Å²) >= 11 is 0. The molecular weight excluding hydrogens is 797 g/mol. The first-order chi connectivity index (χ1) is 30.8. The highest BCUT2D eigenvalue weighted by Gasteiger charge is 2.40. The molecule has 0 bridgehead atoms. The zero-order chi connectivity index (χ0) is 46.4. The van der Waals surface area contributed by atoms with Crippen LogP contribution in [0.2, 0.25) is 0 Å². The van der Waals surface area contributed by atoms with Crippen LogP contribution in [0.3, 0.4) is 0 Å². The third-order valence-corrected chi connectivity index (χ3v) is 14.5. The number of hydrogen-bond donors (Lipinski definition) is 4. The molecule has 0 fully saturated rings. The highest BCUT2D eigenvalue weighted by molar-refractivity contribution is 5.62. The SMILES string of the molecule is CC(C)(c1ccc(O)cc1)c1ccc(C(c2ccc(C(C)(C)c3ccc(O)cc3)cc2)(c2ccc(C(C)(C)c3ccc(O)cc3)cc2)c2ccc(C(C)(C)c3ccc(O)cc3)cc2)cc1. The molecule has 328 valence electrons. The lowest BCUT2D eigenvalue weighted by atomic mass is 9.63. The van der Waals surface area contributed by atoms with Gasteiger partial charge in [-0.2, -0.15) is 0 Å². The highest BCUT2D eigenvalue weighted by Crippen LogP contribution is 2.48. The molecule has 0 amide bonds. The smallest absolute Gasteiger partial charge is 0.115 e. The summed E-state index contributed by atoms with van der Waals surface area (Å²) in [4.78, 5) is 0. The van der Waals surface area contributed by atoms with E-state index in [9.17, 15) is 20.4 Å². The van der Waals surface area contributed by atoms with E-state index >= 15 is 0 Å². The summed E-state index contributed by atoms with van der Waals surface area (Å²) in [6, 6.07) is 66.3. The van der Waals surface area contributed by atoms with Gasteiger partial charge in [0.1, 0.15) is 23.0 Å². The van der Waals surface area contributed by atoms with Crippen LogP contribution in [-0.2, 0) is 27.1 Å². The number of hydrogen-bond acceptors (Lipinski definition) is 4. The van der Waals surface area contributed by atoms with Crippen LogP contribution in [0.1, 0.15) is 122 Å². The van der Waals surface area contributed by atoms with Crippen molar-refractivity contribution in [1.82, 2.24) is 0 Å². The van der Waals surface area contributed by atoms with Crippen molar-refractivity contribution >= 4 is 0 Å². The number of benzene rings is 8. The van der Waals surface area contributed by atoms with Crippen LogP contribution in [0.5, 0.6) is 23.0 Å². The summed E-state index contributed by atoms with van der Waals surface area (Å²) < 4.78 is 0. The first-order valence-corrected chi connectivity index (χ1v) is 22.5. The van der Waals surface area contributed by atoms with Crippen LogP contribution in [0, 0.1) is 0 Å². The number of aromatic hydroxyl groups is 4. The van der Waals surface area contributed by atoms with E-state index in [1.165, 1.54) is 0 Å². The topological polar surface area (TPSA) is 80.9 Å². The number of phenols is 4. The molecule has 8 rings (SSSR count). The van der Waals surface area contributed by atoms with Crippen LogP contribution in [0.4, 0.5) is 0 Å². The van der Waals surface area contributed by atoms with E-state index in [0.717, 1.165) is 66.8 Å². The molecule has 65 heavy (non-hydrogen) atoms. The number of rotatable bonds is 12. The van der Waals surface area contributed by atoms with Crippen LogP contribution < -0.4 is 0 Å². The van der Waals surface area contributed by atoms with Crippen molar-refractivity contribution in [3.63, 3.8) is 0 Å². The van der Waals surface area contributed by atoms with Gasteiger partial charge in [-0.15, -0.1) is 0 Å². The molecule has 0 aliphatic heterocycles. The molecule has 0 spiro atoms. The van der Waals surface area contributed by atoms with Crippen molar-refractivity contribution < 1.29 is 20.4 Å². The molecule has 0 saturated carbocycles. The Morgan fingerprint density at radius 3 is 0.431 bits per heavy atom. The summed E-state index contributed by atoms with van der Waals surface area (Å²) in [7, 11) is 0. The molecule has 0 radical (unpaired) electrons.